The van der Waals surface area contributed by atoms with Crippen molar-refractivity contribution in [2.75, 3.05) is 45.7 Å². The Bertz CT molecular complexity index is 385. The summed E-state index contributed by atoms with van der Waals surface area (Å²) in [5.41, 5.74) is 0. The number of ether oxygens (including phenoxy) is 1. The lowest BCUT2D eigenvalue weighted by Crippen LogP contribution is -2.36. The van der Waals surface area contributed by atoms with Crippen LogP contribution in [0, 0.1) is 0 Å². The van der Waals surface area contributed by atoms with Crippen LogP contribution in [0.2, 0.25) is 0 Å². The zero-order valence-corrected chi connectivity index (χ0v) is 12.4. The molecule has 0 saturated heterocycles. The molecule has 8 heteroatoms. The third-order valence-electron chi connectivity index (χ3n) is 2.24. The van der Waals surface area contributed by atoms with Crippen LogP contribution in [0.1, 0.15) is 11.9 Å². The van der Waals surface area contributed by atoms with E-state index in [9.17, 15) is 4.79 Å². The molecule has 1 rings (SSSR count). The molecular formula is C11H21N5O2S. The largest absolute Gasteiger partial charge is 0.383 e. The topological polar surface area (TPSA) is 79.4 Å². The number of hydrogen-bond donors (Lipinski definition) is 2. The van der Waals surface area contributed by atoms with Gasteiger partial charge in [0.1, 0.15) is 5.01 Å². The van der Waals surface area contributed by atoms with Gasteiger partial charge in [0.2, 0.25) is 11.0 Å². The molecule has 0 spiro atoms. The summed E-state index contributed by atoms with van der Waals surface area (Å²) in [6, 6.07) is 0. The van der Waals surface area contributed by atoms with Gasteiger partial charge in [0.05, 0.1) is 19.7 Å². The fourth-order valence-electron chi connectivity index (χ4n) is 1.42. The van der Waals surface area contributed by atoms with E-state index in [1.165, 1.54) is 11.3 Å². The molecule has 2 N–H and O–H groups in total. The highest BCUT2D eigenvalue weighted by Gasteiger charge is 2.10. The summed E-state index contributed by atoms with van der Waals surface area (Å²) in [5.74, 6) is -0.0176. The normalized spacial score (nSPS) is 10.7. The van der Waals surface area contributed by atoms with E-state index in [-0.39, 0.29) is 5.91 Å². The minimum atomic E-state index is -0.0176. The molecule has 1 aromatic rings. The Labute approximate surface area is 117 Å². The third-order valence-corrected chi connectivity index (χ3v) is 3.11. The van der Waals surface area contributed by atoms with Crippen LogP contribution >= 0.6 is 11.3 Å². The van der Waals surface area contributed by atoms with Crippen molar-refractivity contribution < 1.29 is 9.53 Å². The van der Waals surface area contributed by atoms with E-state index >= 15 is 0 Å². The summed E-state index contributed by atoms with van der Waals surface area (Å²) in [5, 5.41) is 15.7. The summed E-state index contributed by atoms with van der Waals surface area (Å²) < 4.78 is 4.87. The monoisotopic (exact) mass is 287 g/mol. The van der Waals surface area contributed by atoms with Crippen molar-refractivity contribution in [3.05, 3.63) is 5.01 Å². The standard InChI is InChI=1S/C11H21N5O2S/c1-4-12-11-15-14-10(19-11)8-16(2)7-9(17)13-5-6-18-3/h4-8H2,1-3H3,(H,12,15)(H,13,17). The van der Waals surface area contributed by atoms with E-state index in [0.717, 1.165) is 16.7 Å². The van der Waals surface area contributed by atoms with Crippen molar-refractivity contribution in [2.45, 2.75) is 13.5 Å². The Morgan fingerprint density at radius 3 is 2.95 bits per heavy atom. The molecule has 0 radical (unpaired) electrons. The van der Waals surface area contributed by atoms with Crippen LogP contribution < -0.4 is 10.6 Å². The number of amides is 1. The van der Waals surface area contributed by atoms with Gasteiger partial charge in [-0.1, -0.05) is 11.3 Å². The van der Waals surface area contributed by atoms with Crippen molar-refractivity contribution in [1.29, 1.82) is 0 Å². The van der Waals surface area contributed by atoms with Gasteiger partial charge >= 0.3 is 0 Å². The number of carbonyl (C=O) groups excluding carboxylic acids is 1. The van der Waals surface area contributed by atoms with Gasteiger partial charge in [0.25, 0.3) is 0 Å². The van der Waals surface area contributed by atoms with E-state index in [1.54, 1.807) is 7.11 Å². The number of anilines is 1. The first-order chi connectivity index (χ1) is 9.15. The summed E-state index contributed by atoms with van der Waals surface area (Å²) >= 11 is 1.51. The van der Waals surface area contributed by atoms with E-state index in [1.807, 2.05) is 18.9 Å². The van der Waals surface area contributed by atoms with E-state index < -0.39 is 0 Å². The predicted octanol–water partition coefficient (Wildman–Crippen LogP) is 0.164. The molecule has 1 amide bonds. The molecule has 0 aliphatic rings. The SMILES string of the molecule is CCNc1nnc(CN(C)CC(=O)NCCOC)s1. The van der Waals surface area contributed by atoms with Crippen LogP contribution in [0.25, 0.3) is 0 Å². The zero-order chi connectivity index (χ0) is 14.1. The first-order valence-corrected chi connectivity index (χ1v) is 6.97. The van der Waals surface area contributed by atoms with Crippen LogP contribution in [-0.2, 0) is 16.1 Å². The van der Waals surface area contributed by atoms with Crippen LogP contribution in [0.15, 0.2) is 0 Å². The fourth-order valence-corrected chi connectivity index (χ4v) is 2.31. The molecule has 0 fully saturated rings. The Morgan fingerprint density at radius 1 is 1.47 bits per heavy atom. The molecule has 0 saturated carbocycles. The van der Waals surface area contributed by atoms with Gasteiger partial charge in [-0.25, -0.2) is 0 Å². The van der Waals surface area contributed by atoms with Crippen molar-refractivity contribution in [2.24, 2.45) is 0 Å². The molecule has 0 aliphatic heterocycles. The molecular weight excluding hydrogens is 266 g/mol. The second kappa shape index (κ2) is 8.78. The van der Waals surface area contributed by atoms with Crippen molar-refractivity contribution >= 4 is 22.4 Å². The number of nitrogens with one attached hydrogen (secondary N) is 2. The quantitative estimate of drug-likeness (QED) is 0.630. The number of aromatic nitrogens is 2. The van der Waals surface area contributed by atoms with Gasteiger partial charge in [0, 0.05) is 20.2 Å². The van der Waals surface area contributed by atoms with Crippen LogP contribution in [0.4, 0.5) is 5.13 Å². The Kier molecular flexibility index (Phi) is 7.31. The first kappa shape index (κ1) is 15.8. The predicted molar refractivity (Wildman–Crippen MR) is 75.3 cm³/mol. The molecule has 19 heavy (non-hydrogen) atoms. The highest BCUT2D eigenvalue weighted by Crippen LogP contribution is 2.15. The third kappa shape index (κ3) is 6.46. The van der Waals surface area contributed by atoms with Crippen LogP contribution in [-0.4, -0.2) is 61.4 Å². The number of methoxy groups -OCH3 is 1. The van der Waals surface area contributed by atoms with Gasteiger partial charge in [-0.3, -0.25) is 9.69 Å². The molecule has 7 nitrogen and oxygen atoms in total. The van der Waals surface area contributed by atoms with Crippen molar-refractivity contribution in [3.63, 3.8) is 0 Å². The lowest BCUT2D eigenvalue weighted by molar-refractivity contribution is -0.122. The molecule has 0 unspecified atom stereocenters. The second-order valence-corrected chi connectivity index (χ2v) is 5.11. The smallest absolute Gasteiger partial charge is 0.234 e. The maximum atomic E-state index is 11.6. The molecule has 1 aromatic heterocycles. The maximum absolute atomic E-state index is 11.6. The average molecular weight is 287 g/mol. The number of rotatable bonds is 9. The summed E-state index contributed by atoms with van der Waals surface area (Å²) in [6.07, 6.45) is 0. The zero-order valence-electron chi connectivity index (χ0n) is 11.6. The first-order valence-electron chi connectivity index (χ1n) is 6.16. The molecule has 0 aromatic carbocycles. The second-order valence-electron chi connectivity index (χ2n) is 4.05. The lowest BCUT2D eigenvalue weighted by Gasteiger charge is -2.14. The highest BCUT2D eigenvalue weighted by molar-refractivity contribution is 7.15. The summed E-state index contributed by atoms with van der Waals surface area (Å²) in [6.45, 7) is 4.84. The van der Waals surface area contributed by atoms with Gasteiger partial charge < -0.3 is 15.4 Å². The summed E-state index contributed by atoms with van der Waals surface area (Å²) in [7, 11) is 3.49. The number of hydrogen-bond acceptors (Lipinski definition) is 7. The fraction of sp³-hybridized carbons (Fsp3) is 0.727. The van der Waals surface area contributed by atoms with Gasteiger partial charge in [-0.15, -0.1) is 10.2 Å². The molecule has 0 atom stereocenters. The van der Waals surface area contributed by atoms with Gasteiger partial charge in [0.15, 0.2) is 0 Å². The van der Waals surface area contributed by atoms with Crippen LogP contribution in [0.3, 0.4) is 0 Å². The van der Waals surface area contributed by atoms with Crippen LogP contribution in [0.5, 0.6) is 0 Å². The molecule has 1 heterocycles. The van der Waals surface area contributed by atoms with Gasteiger partial charge in [-0.05, 0) is 14.0 Å². The lowest BCUT2D eigenvalue weighted by atomic mass is 10.5. The Morgan fingerprint density at radius 2 is 2.26 bits per heavy atom. The van der Waals surface area contributed by atoms with Crippen molar-refractivity contribution in [1.82, 2.24) is 20.4 Å². The summed E-state index contributed by atoms with van der Waals surface area (Å²) in [4.78, 5) is 13.5. The minimum Gasteiger partial charge on any atom is -0.383 e. The molecule has 0 bridgehead atoms. The van der Waals surface area contributed by atoms with E-state index in [4.69, 9.17) is 4.74 Å². The van der Waals surface area contributed by atoms with E-state index in [2.05, 4.69) is 20.8 Å². The highest BCUT2D eigenvalue weighted by atomic mass is 32.1. The van der Waals surface area contributed by atoms with Crippen molar-refractivity contribution in [3.8, 4) is 0 Å². The van der Waals surface area contributed by atoms with E-state index in [0.29, 0.717) is 26.2 Å². The van der Waals surface area contributed by atoms with Gasteiger partial charge in [-0.2, -0.15) is 0 Å². The number of carbonyl (C=O) groups is 1. The molecule has 0 aliphatic carbocycles. The Balaban J connectivity index is 2.29. The number of likely N-dealkylation sites (N-methyl/N-ethyl adjacent to an activating group) is 1. The molecule has 108 valence electrons. The minimum absolute atomic E-state index is 0.0176. The number of nitrogens with zero attached hydrogens (tertiary/aromatic N) is 3. The Hall–Kier alpha value is -1.25. The average Bonchev–Trinajstić information content (AvgIpc) is 2.77. The maximum Gasteiger partial charge on any atom is 0.234 e.